The lowest BCUT2D eigenvalue weighted by Gasteiger charge is -2.35. The van der Waals surface area contributed by atoms with E-state index in [9.17, 15) is 0 Å². The lowest BCUT2D eigenvalue weighted by molar-refractivity contribution is 0.184. The van der Waals surface area contributed by atoms with E-state index in [4.69, 9.17) is 0 Å². The van der Waals surface area contributed by atoms with E-state index < -0.39 is 0 Å². The second-order valence-corrected chi connectivity index (χ2v) is 6.58. The molecule has 0 saturated heterocycles. The SMILES string of the molecule is CC(C)(C)[C@H]1CC[C@@H](I)CC1. The molecule has 0 spiro atoms. The van der Waals surface area contributed by atoms with Crippen LogP contribution in [0.15, 0.2) is 0 Å². The third-order valence-corrected chi connectivity index (χ3v) is 4.13. The molecule has 0 atom stereocenters. The van der Waals surface area contributed by atoms with E-state index in [0.29, 0.717) is 5.41 Å². The summed E-state index contributed by atoms with van der Waals surface area (Å²) in [7, 11) is 0. The maximum absolute atomic E-state index is 2.59. The predicted molar refractivity (Wildman–Crippen MR) is 59.2 cm³/mol. The molecule has 1 heteroatoms. The molecule has 0 radical (unpaired) electrons. The van der Waals surface area contributed by atoms with Gasteiger partial charge in [-0.15, -0.1) is 0 Å². The number of alkyl halides is 1. The molecule has 1 aliphatic rings. The van der Waals surface area contributed by atoms with Crippen LogP contribution in [0.2, 0.25) is 0 Å². The van der Waals surface area contributed by atoms with Crippen molar-refractivity contribution in [3.05, 3.63) is 0 Å². The van der Waals surface area contributed by atoms with Crippen LogP contribution in [0.3, 0.4) is 0 Å². The molecule has 0 amide bonds. The predicted octanol–water partition coefficient (Wildman–Crippen LogP) is 4.03. The van der Waals surface area contributed by atoms with Gasteiger partial charge in [-0.25, -0.2) is 0 Å². The Kier molecular flexibility index (Phi) is 3.24. The van der Waals surface area contributed by atoms with Crippen LogP contribution in [0, 0.1) is 11.3 Å². The van der Waals surface area contributed by atoms with Crippen molar-refractivity contribution in [3.8, 4) is 0 Å². The van der Waals surface area contributed by atoms with Gasteiger partial charge in [-0.3, -0.25) is 0 Å². The van der Waals surface area contributed by atoms with E-state index in [-0.39, 0.29) is 0 Å². The molecule has 1 rings (SSSR count). The van der Waals surface area contributed by atoms with Gasteiger partial charge in [0.1, 0.15) is 0 Å². The normalized spacial score (nSPS) is 33.8. The molecule has 0 aromatic heterocycles. The topological polar surface area (TPSA) is 0 Å². The zero-order valence-electron chi connectivity index (χ0n) is 7.86. The van der Waals surface area contributed by atoms with Crippen LogP contribution in [-0.4, -0.2) is 3.92 Å². The first-order chi connectivity index (χ1) is 5.00. The fourth-order valence-corrected chi connectivity index (χ4v) is 2.64. The third kappa shape index (κ3) is 2.92. The van der Waals surface area contributed by atoms with Crippen molar-refractivity contribution in [3.63, 3.8) is 0 Å². The molecule has 0 N–H and O–H groups in total. The highest BCUT2D eigenvalue weighted by Crippen LogP contribution is 2.39. The van der Waals surface area contributed by atoms with Crippen molar-refractivity contribution >= 4 is 22.6 Å². The molecule has 66 valence electrons. The minimum Gasteiger partial charge on any atom is -0.0826 e. The number of halogens is 1. The van der Waals surface area contributed by atoms with Gasteiger partial charge < -0.3 is 0 Å². The summed E-state index contributed by atoms with van der Waals surface area (Å²) in [5.41, 5.74) is 0.552. The summed E-state index contributed by atoms with van der Waals surface area (Å²) in [5, 5.41) is 0. The Labute approximate surface area is 84.3 Å². The summed E-state index contributed by atoms with van der Waals surface area (Å²) in [6.45, 7) is 7.14. The Morgan fingerprint density at radius 3 is 1.82 bits per heavy atom. The maximum Gasteiger partial charge on any atom is 0.0110 e. The largest absolute Gasteiger partial charge is 0.0826 e. The molecule has 1 fully saturated rings. The number of hydrogen-bond donors (Lipinski definition) is 0. The average Bonchev–Trinajstić information content (AvgIpc) is 1.86. The van der Waals surface area contributed by atoms with Crippen molar-refractivity contribution in [2.24, 2.45) is 11.3 Å². The van der Waals surface area contributed by atoms with E-state index in [0.717, 1.165) is 9.84 Å². The lowest BCUT2D eigenvalue weighted by atomic mass is 9.72. The maximum atomic E-state index is 2.59. The van der Waals surface area contributed by atoms with E-state index in [1.165, 1.54) is 25.7 Å². The van der Waals surface area contributed by atoms with Gasteiger partial charge in [0.15, 0.2) is 0 Å². The first-order valence-electron chi connectivity index (χ1n) is 4.64. The molecule has 0 aliphatic heterocycles. The van der Waals surface area contributed by atoms with Gasteiger partial charge >= 0.3 is 0 Å². The Balaban J connectivity index is 2.39. The molecular formula is C10H19I. The standard InChI is InChI=1S/C10H19I/c1-10(2,3)8-4-6-9(11)7-5-8/h8-9H,4-7H2,1-3H3/t8-,9+. The van der Waals surface area contributed by atoms with Gasteiger partial charge in [0, 0.05) is 3.92 Å². The van der Waals surface area contributed by atoms with E-state index in [1.54, 1.807) is 0 Å². The Morgan fingerprint density at radius 2 is 1.45 bits per heavy atom. The van der Waals surface area contributed by atoms with Crippen LogP contribution in [-0.2, 0) is 0 Å². The molecule has 1 aliphatic carbocycles. The summed E-state index contributed by atoms with van der Waals surface area (Å²) in [5.74, 6) is 0.980. The lowest BCUT2D eigenvalue weighted by Crippen LogP contribution is -2.25. The third-order valence-electron chi connectivity index (χ3n) is 2.88. The minimum absolute atomic E-state index is 0.552. The summed E-state index contributed by atoms with van der Waals surface area (Å²) < 4.78 is 0.964. The van der Waals surface area contributed by atoms with Gasteiger partial charge in [0.25, 0.3) is 0 Å². The molecule has 0 unspecified atom stereocenters. The summed E-state index contributed by atoms with van der Waals surface area (Å²) in [4.78, 5) is 0. The van der Waals surface area contributed by atoms with Crippen LogP contribution in [0.1, 0.15) is 46.5 Å². The molecule has 0 aromatic carbocycles. The van der Waals surface area contributed by atoms with Crippen molar-refractivity contribution in [2.45, 2.75) is 50.4 Å². The van der Waals surface area contributed by atoms with Gasteiger partial charge in [0.2, 0.25) is 0 Å². The zero-order chi connectivity index (χ0) is 8.48. The molecule has 1 saturated carbocycles. The summed E-state index contributed by atoms with van der Waals surface area (Å²) >= 11 is 2.59. The molecule has 0 nitrogen and oxygen atoms in total. The fourth-order valence-electron chi connectivity index (χ4n) is 1.92. The van der Waals surface area contributed by atoms with E-state index in [2.05, 4.69) is 43.4 Å². The van der Waals surface area contributed by atoms with Gasteiger partial charge in [0.05, 0.1) is 0 Å². The first kappa shape index (κ1) is 9.82. The highest BCUT2D eigenvalue weighted by molar-refractivity contribution is 14.1. The zero-order valence-corrected chi connectivity index (χ0v) is 10.0. The van der Waals surface area contributed by atoms with Crippen molar-refractivity contribution in [1.29, 1.82) is 0 Å². The van der Waals surface area contributed by atoms with Crippen LogP contribution >= 0.6 is 22.6 Å². The molecule has 11 heavy (non-hydrogen) atoms. The molecular weight excluding hydrogens is 247 g/mol. The van der Waals surface area contributed by atoms with E-state index >= 15 is 0 Å². The van der Waals surface area contributed by atoms with Crippen LogP contribution in [0.5, 0.6) is 0 Å². The van der Waals surface area contributed by atoms with Crippen LogP contribution in [0.25, 0.3) is 0 Å². The van der Waals surface area contributed by atoms with Crippen molar-refractivity contribution in [1.82, 2.24) is 0 Å². The Morgan fingerprint density at radius 1 is 1.00 bits per heavy atom. The smallest absolute Gasteiger partial charge is 0.0110 e. The number of hydrogen-bond acceptors (Lipinski definition) is 0. The second-order valence-electron chi connectivity index (χ2n) is 4.81. The summed E-state index contributed by atoms with van der Waals surface area (Å²) in [6.07, 6.45) is 5.80. The minimum atomic E-state index is 0.552. The first-order valence-corrected chi connectivity index (χ1v) is 5.89. The molecule has 0 heterocycles. The van der Waals surface area contributed by atoms with Crippen LogP contribution in [0.4, 0.5) is 0 Å². The highest BCUT2D eigenvalue weighted by atomic mass is 127. The van der Waals surface area contributed by atoms with Crippen molar-refractivity contribution < 1.29 is 0 Å². The van der Waals surface area contributed by atoms with Gasteiger partial charge in [-0.1, -0.05) is 43.4 Å². The fraction of sp³-hybridized carbons (Fsp3) is 1.00. The van der Waals surface area contributed by atoms with Gasteiger partial charge in [-0.05, 0) is 37.0 Å². The molecule has 0 aromatic rings. The number of rotatable bonds is 0. The highest BCUT2D eigenvalue weighted by Gasteiger charge is 2.28. The van der Waals surface area contributed by atoms with Crippen LogP contribution < -0.4 is 0 Å². The van der Waals surface area contributed by atoms with E-state index in [1.807, 2.05) is 0 Å². The quantitative estimate of drug-likeness (QED) is 0.458. The Hall–Kier alpha value is 0.730. The Bertz CT molecular complexity index is 115. The van der Waals surface area contributed by atoms with Crippen molar-refractivity contribution in [2.75, 3.05) is 0 Å². The van der Waals surface area contributed by atoms with Gasteiger partial charge in [-0.2, -0.15) is 0 Å². The second kappa shape index (κ2) is 3.63. The average molecular weight is 266 g/mol. The molecule has 0 bridgehead atoms. The monoisotopic (exact) mass is 266 g/mol. The summed E-state index contributed by atoms with van der Waals surface area (Å²) in [6, 6.07) is 0.